The number of alkyl halides is 3. The van der Waals surface area contributed by atoms with E-state index in [4.69, 9.17) is 10.5 Å². The molecule has 1 fully saturated rings. The molecule has 1 saturated heterocycles. The van der Waals surface area contributed by atoms with Crippen molar-refractivity contribution in [3.05, 3.63) is 64.7 Å². The highest BCUT2D eigenvalue weighted by Gasteiger charge is 2.33. The van der Waals surface area contributed by atoms with Crippen LogP contribution < -0.4 is 5.73 Å². The fraction of sp³-hybridized carbons (Fsp3) is 0.364. The predicted octanol–water partition coefficient (Wildman–Crippen LogP) is 5.43. The topological polar surface area (TPSA) is 35.2 Å². The van der Waals surface area contributed by atoms with Gasteiger partial charge in [-0.2, -0.15) is 13.2 Å². The Morgan fingerprint density at radius 2 is 1.78 bits per heavy atom. The molecule has 2 nitrogen and oxygen atoms in total. The summed E-state index contributed by atoms with van der Waals surface area (Å²) in [6.45, 7) is 1.46. The predicted molar refractivity (Wildman–Crippen MR) is 101 cm³/mol. The lowest BCUT2D eigenvalue weighted by Gasteiger charge is -2.25. The lowest BCUT2D eigenvalue weighted by atomic mass is 9.79. The number of fused-ring (bicyclic) bond motifs is 1. The molecule has 2 atom stereocenters. The number of allylic oxidation sites excluding steroid dienone is 1. The van der Waals surface area contributed by atoms with Crippen molar-refractivity contribution in [1.29, 1.82) is 0 Å². The van der Waals surface area contributed by atoms with Crippen molar-refractivity contribution in [3.8, 4) is 0 Å². The summed E-state index contributed by atoms with van der Waals surface area (Å²) in [6, 6.07) is 11.4. The first kappa shape index (κ1) is 18.1. The standard InChI is InChI=1S/C22H22F3NO/c23-22(24,25)18-5-1-15(2-6-18)21-12-17-11-19(26)7-3-14(17)4-8-20(21)16-9-10-27-13-16/h1-3,5-7,11-12,16,20H,4,8-10,13,26H2/t16-,20?/m1/s1. The maximum Gasteiger partial charge on any atom is 0.416 e. The summed E-state index contributed by atoms with van der Waals surface area (Å²) in [4.78, 5) is 0. The molecule has 4 rings (SSSR count). The fourth-order valence-electron chi connectivity index (χ4n) is 4.23. The van der Waals surface area contributed by atoms with Crippen LogP contribution in [0.3, 0.4) is 0 Å². The Kier molecular flexibility index (Phi) is 4.72. The van der Waals surface area contributed by atoms with Gasteiger partial charge in [-0.05, 0) is 77.6 Å². The molecule has 2 aromatic rings. The van der Waals surface area contributed by atoms with Gasteiger partial charge >= 0.3 is 6.18 Å². The summed E-state index contributed by atoms with van der Waals surface area (Å²) in [5.41, 5.74) is 10.3. The van der Waals surface area contributed by atoms with Gasteiger partial charge in [-0.25, -0.2) is 0 Å². The normalized spacial score (nSPS) is 22.9. The molecular weight excluding hydrogens is 351 g/mol. The van der Waals surface area contributed by atoms with Crippen molar-refractivity contribution in [2.24, 2.45) is 11.8 Å². The summed E-state index contributed by atoms with van der Waals surface area (Å²) in [7, 11) is 0. The molecule has 142 valence electrons. The number of halogens is 3. The number of hydrogen-bond acceptors (Lipinski definition) is 2. The molecule has 2 aliphatic rings. The number of benzene rings is 2. The first-order valence-corrected chi connectivity index (χ1v) is 9.27. The second-order valence-corrected chi connectivity index (χ2v) is 7.40. The first-order chi connectivity index (χ1) is 12.9. The number of aryl methyl sites for hydroxylation is 1. The number of nitrogens with two attached hydrogens (primary N) is 1. The van der Waals surface area contributed by atoms with Crippen LogP contribution in [0.15, 0.2) is 42.5 Å². The van der Waals surface area contributed by atoms with Gasteiger partial charge in [0.05, 0.1) is 12.2 Å². The summed E-state index contributed by atoms with van der Waals surface area (Å²) in [5, 5.41) is 0. The van der Waals surface area contributed by atoms with E-state index in [1.165, 1.54) is 17.7 Å². The third-order valence-electron chi connectivity index (χ3n) is 5.68. The average Bonchev–Trinajstić information content (AvgIpc) is 3.09. The van der Waals surface area contributed by atoms with E-state index in [0.717, 1.165) is 42.6 Å². The van der Waals surface area contributed by atoms with Crippen LogP contribution in [-0.2, 0) is 17.3 Å². The number of hydrogen-bond donors (Lipinski definition) is 1. The minimum Gasteiger partial charge on any atom is -0.399 e. The molecular formula is C22H22F3NO. The third kappa shape index (κ3) is 3.74. The molecule has 0 bridgehead atoms. The Hall–Kier alpha value is -2.27. The maximum absolute atomic E-state index is 12.9. The first-order valence-electron chi connectivity index (χ1n) is 9.27. The van der Waals surface area contributed by atoms with Crippen LogP contribution in [0.2, 0.25) is 0 Å². The Labute approximate surface area is 156 Å². The molecule has 2 N–H and O–H groups in total. The van der Waals surface area contributed by atoms with Crippen molar-refractivity contribution in [3.63, 3.8) is 0 Å². The van der Waals surface area contributed by atoms with Gasteiger partial charge in [-0.15, -0.1) is 0 Å². The molecule has 0 aromatic heterocycles. The van der Waals surface area contributed by atoms with Crippen LogP contribution in [0.1, 0.15) is 35.1 Å². The second kappa shape index (κ2) is 7.04. The van der Waals surface area contributed by atoms with E-state index in [0.29, 0.717) is 18.2 Å². The highest BCUT2D eigenvalue weighted by molar-refractivity contribution is 5.85. The minimum atomic E-state index is -4.32. The largest absolute Gasteiger partial charge is 0.416 e. The Morgan fingerprint density at radius 3 is 2.44 bits per heavy atom. The number of ether oxygens (including phenoxy) is 1. The second-order valence-electron chi connectivity index (χ2n) is 7.40. The van der Waals surface area contributed by atoms with Crippen molar-refractivity contribution in [2.45, 2.75) is 25.4 Å². The number of rotatable bonds is 2. The molecule has 5 heteroatoms. The van der Waals surface area contributed by atoms with Crippen LogP contribution in [0.25, 0.3) is 11.6 Å². The Morgan fingerprint density at radius 1 is 1.00 bits per heavy atom. The molecule has 1 unspecified atom stereocenters. The number of nitrogen functional groups attached to an aromatic ring is 1. The van der Waals surface area contributed by atoms with Crippen molar-refractivity contribution in [1.82, 2.24) is 0 Å². The molecule has 27 heavy (non-hydrogen) atoms. The molecule has 0 amide bonds. The molecule has 0 saturated carbocycles. The van der Waals surface area contributed by atoms with Crippen LogP contribution in [0, 0.1) is 11.8 Å². The van der Waals surface area contributed by atoms with E-state index in [2.05, 4.69) is 12.1 Å². The van der Waals surface area contributed by atoms with Gasteiger partial charge < -0.3 is 10.5 Å². The van der Waals surface area contributed by atoms with Crippen LogP contribution in [-0.4, -0.2) is 13.2 Å². The molecule has 2 aromatic carbocycles. The van der Waals surface area contributed by atoms with Crippen molar-refractivity contribution in [2.75, 3.05) is 18.9 Å². The fourth-order valence-corrected chi connectivity index (χ4v) is 4.23. The van der Waals surface area contributed by atoms with E-state index < -0.39 is 11.7 Å². The van der Waals surface area contributed by atoms with Gasteiger partial charge in [0, 0.05) is 12.3 Å². The molecule has 1 heterocycles. The monoisotopic (exact) mass is 373 g/mol. The zero-order valence-electron chi connectivity index (χ0n) is 14.9. The van der Waals surface area contributed by atoms with E-state index in [9.17, 15) is 13.2 Å². The highest BCUT2D eigenvalue weighted by Crippen LogP contribution is 2.41. The van der Waals surface area contributed by atoms with Crippen LogP contribution >= 0.6 is 0 Å². The third-order valence-corrected chi connectivity index (χ3v) is 5.68. The number of anilines is 1. The summed E-state index contributed by atoms with van der Waals surface area (Å²) < 4.78 is 44.4. The Bertz CT molecular complexity index is 849. The summed E-state index contributed by atoms with van der Waals surface area (Å²) >= 11 is 0. The van der Waals surface area contributed by atoms with Gasteiger partial charge in [-0.3, -0.25) is 0 Å². The quantitative estimate of drug-likeness (QED) is 0.713. The lowest BCUT2D eigenvalue weighted by molar-refractivity contribution is -0.137. The van der Waals surface area contributed by atoms with E-state index in [1.807, 2.05) is 12.1 Å². The SMILES string of the molecule is Nc1ccc2c(c1)C=C(c1ccc(C(F)(F)F)cc1)C([C@@H]1CCOC1)CC2. The lowest BCUT2D eigenvalue weighted by Crippen LogP contribution is -2.17. The van der Waals surface area contributed by atoms with E-state index >= 15 is 0 Å². The van der Waals surface area contributed by atoms with Gasteiger partial charge in [0.1, 0.15) is 0 Å². The zero-order chi connectivity index (χ0) is 19.0. The van der Waals surface area contributed by atoms with Gasteiger partial charge in [0.15, 0.2) is 0 Å². The summed E-state index contributed by atoms with van der Waals surface area (Å²) in [5.74, 6) is 0.656. The average molecular weight is 373 g/mol. The van der Waals surface area contributed by atoms with Gasteiger partial charge in [0.2, 0.25) is 0 Å². The van der Waals surface area contributed by atoms with Crippen molar-refractivity contribution >= 4 is 17.3 Å². The van der Waals surface area contributed by atoms with E-state index in [-0.39, 0.29) is 5.92 Å². The Balaban J connectivity index is 1.77. The molecule has 0 radical (unpaired) electrons. The van der Waals surface area contributed by atoms with Gasteiger partial charge in [0.25, 0.3) is 0 Å². The molecule has 1 aliphatic heterocycles. The van der Waals surface area contributed by atoms with Crippen molar-refractivity contribution < 1.29 is 17.9 Å². The highest BCUT2D eigenvalue weighted by atomic mass is 19.4. The van der Waals surface area contributed by atoms with Crippen LogP contribution in [0.4, 0.5) is 18.9 Å². The molecule has 1 aliphatic carbocycles. The maximum atomic E-state index is 12.9. The summed E-state index contributed by atoms with van der Waals surface area (Å²) in [6.07, 6.45) is 0.663. The van der Waals surface area contributed by atoms with Gasteiger partial charge in [-0.1, -0.05) is 24.3 Å². The van der Waals surface area contributed by atoms with E-state index in [1.54, 1.807) is 12.1 Å². The zero-order valence-corrected chi connectivity index (χ0v) is 14.9. The minimum absolute atomic E-state index is 0.262. The molecule has 0 spiro atoms. The smallest absolute Gasteiger partial charge is 0.399 e. The van der Waals surface area contributed by atoms with Crippen LogP contribution in [0.5, 0.6) is 0 Å².